The smallest absolute Gasteiger partial charge is 0.230 e. The van der Waals surface area contributed by atoms with Crippen molar-refractivity contribution in [2.24, 2.45) is 17.3 Å². The van der Waals surface area contributed by atoms with Gasteiger partial charge in [-0.3, -0.25) is 9.59 Å². The highest BCUT2D eigenvalue weighted by Crippen LogP contribution is 2.35. The molecule has 3 rings (SSSR count). The summed E-state index contributed by atoms with van der Waals surface area (Å²) in [6.07, 6.45) is 8.70. The first-order valence-electron chi connectivity index (χ1n) is 9.70. The predicted octanol–water partition coefficient (Wildman–Crippen LogP) is 1.87. The maximum atomic E-state index is 13.1. The molecule has 3 aliphatic rings. The third kappa shape index (κ3) is 3.76. The van der Waals surface area contributed by atoms with Gasteiger partial charge in [0.2, 0.25) is 11.8 Å². The molecule has 0 bridgehead atoms. The van der Waals surface area contributed by atoms with Crippen LogP contribution < -0.4 is 5.32 Å². The standard InChI is InChI=1S/C19H33N3O2/c1-21(12-15-5-3-6-15)17(23)11-19(9-10-20-14-19)18(24)22(2)13-16-7-4-8-16/h15-16,20H,3-14H2,1-2H3. The van der Waals surface area contributed by atoms with Crippen molar-refractivity contribution < 1.29 is 9.59 Å². The fourth-order valence-electron chi connectivity index (χ4n) is 4.29. The van der Waals surface area contributed by atoms with Gasteiger partial charge in [0.1, 0.15) is 0 Å². The summed E-state index contributed by atoms with van der Waals surface area (Å²) in [5.41, 5.74) is -0.524. The van der Waals surface area contributed by atoms with Crippen molar-refractivity contribution in [2.45, 2.75) is 51.4 Å². The van der Waals surface area contributed by atoms with Crippen molar-refractivity contribution >= 4 is 11.8 Å². The number of nitrogens with zero attached hydrogens (tertiary/aromatic N) is 2. The lowest BCUT2D eigenvalue weighted by molar-refractivity contribution is -0.146. The molecule has 0 radical (unpaired) electrons. The van der Waals surface area contributed by atoms with Gasteiger partial charge in [0.05, 0.1) is 5.41 Å². The zero-order chi connectivity index (χ0) is 17.2. The Morgan fingerprint density at radius 2 is 1.58 bits per heavy atom. The molecule has 2 amide bonds. The van der Waals surface area contributed by atoms with Crippen molar-refractivity contribution in [1.29, 1.82) is 0 Å². The molecular weight excluding hydrogens is 302 g/mol. The van der Waals surface area contributed by atoms with E-state index in [0.717, 1.165) is 26.1 Å². The number of hydrogen-bond acceptors (Lipinski definition) is 3. The van der Waals surface area contributed by atoms with Crippen molar-refractivity contribution in [1.82, 2.24) is 15.1 Å². The maximum Gasteiger partial charge on any atom is 0.230 e. The lowest BCUT2D eigenvalue weighted by atomic mass is 9.80. The van der Waals surface area contributed by atoms with Gasteiger partial charge in [0, 0.05) is 40.2 Å². The van der Waals surface area contributed by atoms with E-state index in [1.165, 1.54) is 38.5 Å². The second kappa shape index (κ2) is 7.42. The van der Waals surface area contributed by atoms with Crippen LogP contribution in [0, 0.1) is 17.3 Å². The van der Waals surface area contributed by atoms with Gasteiger partial charge in [-0.15, -0.1) is 0 Å². The Labute approximate surface area is 146 Å². The normalized spacial score (nSPS) is 27.4. The third-order valence-corrected chi connectivity index (χ3v) is 6.47. The SMILES string of the molecule is CN(CC1CCC1)C(=O)CC1(C(=O)N(C)CC2CCC2)CCNC1. The van der Waals surface area contributed by atoms with Gasteiger partial charge in [-0.2, -0.15) is 0 Å². The van der Waals surface area contributed by atoms with Crippen LogP contribution in [-0.4, -0.2) is 61.9 Å². The van der Waals surface area contributed by atoms with E-state index >= 15 is 0 Å². The van der Waals surface area contributed by atoms with Gasteiger partial charge in [-0.05, 0) is 50.5 Å². The Balaban J connectivity index is 1.59. The molecular formula is C19H33N3O2. The minimum absolute atomic E-state index is 0.135. The summed E-state index contributed by atoms with van der Waals surface area (Å²) in [6.45, 7) is 3.19. The minimum Gasteiger partial charge on any atom is -0.345 e. The molecule has 136 valence electrons. The number of hydrogen-bond donors (Lipinski definition) is 1. The molecule has 1 N–H and O–H groups in total. The molecule has 5 nitrogen and oxygen atoms in total. The molecule has 5 heteroatoms. The monoisotopic (exact) mass is 335 g/mol. The average Bonchev–Trinajstić information content (AvgIpc) is 2.95. The van der Waals surface area contributed by atoms with E-state index in [2.05, 4.69) is 5.32 Å². The molecule has 1 aliphatic heterocycles. The van der Waals surface area contributed by atoms with E-state index in [0.29, 0.717) is 24.8 Å². The van der Waals surface area contributed by atoms with Gasteiger partial charge < -0.3 is 15.1 Å². The zero-order valence-electron chi connectivity index (χ0n) is 15.4. The van der Waals surface area contributed by atoms with E-state index in [1.54, 1.807) is 0 Å². The minimum atomic E-state index is -0.524. The predicted molar refractivity (Wildman–Crippen MR) is 94.5 cm³/mol. The van der Waals surface area contributed by atoms with E-state index in [1.807, 2.05) is 23.9 Å². The van der Waals surface area contributed by atoms with Gasteiger partial charge in [-0.25, -0.2) is 0 Å². The van der Waals surface area contributed by atoms with Crippen molar-refractivity contribution in [3.8, 4) is 0 Å². The second-order valence-electron chi connectivity index (χ2n) is 8.44. The Bertz CT molecular complexity index is 465. The van der Waals surface area contributed by atoms with E-state index in [4.69, 9.17) is 0 Å². The summed E-state index contributed by atoms with van der Waals surface area (Å²) < 4.78 is 0. The van der Waals surface area contributed by atoms with E-state index < -0.39 is 5.41 Å². The maximum absolute atomic E-state index is 13.1. The molecule has 0 aromatic heterocycles. The van der Waals surface area contributed by atoms with Crippen LogP contribution in [0.15, 0.2) is 0 Å². The van der Waals surface area contributed by atoms with Crippen LogP contribution in [0.2, 0.25) is 0 Å². The van der Waals surface area contributed by atoms with Crippen LogP contribution in [0.25, 0.3) is 0 Å². The average molecular weight is 335 g/mol. The van der Waals surface area contributed by atoms with Crippen molar-refractivity contribution in [2.75, 3.05) is 40.3 Å². The molecule has 1 unspecified atom stereocenters. The van der Waals surface area contributed by atoms with Crippen LogP contribution in [0.1, 0.15) is 51.4 Å². The Morgan fingerprint density at radius 1 is 1.00 bits per heavy atom. The quantitative estimate of drug-likeness (QED) is 0.773. The van der Waals surface area contributed by atoms with Gasteiger partial charge >= 0.3 is 0 Å². The Kier molecular flexibility index (Phi) is 5.48. The Morgan fingerprint density at radius 3 is 2.04 bits per heavy atom. The highest BCUT2D eigenvalue weighted by Gasteiger charge is 2.45. The topological polar surface area (TPSA) is 52.7 Å². The number of carbonyl (C=O) groups excluding carboxylic acids is 2. The first-order valence-corrected chi connectivity index (χ1v) is 9.70. The highest BCUT2D eigenvalue weighted by atomic mass is 16.2. The molecule has 1 saturated heterocycles. The second-order valence-corrected chi connectivity index (χ2v) is 8.44. The lowest BCUT2D eigenvalue weighted by Gasteiger charge is -2.37. The molecule has 2 aliphatic carbocycles. The summed E-state index contributed by atoms with van der Waals surface area (Å²) in [5, 5.41) is 3.32. The number of rotatable bonds is 7. The summed E-state index contributed by atoms with van der Waals surface area (Å²) in [4.78, 5) is 29.6. The summed E-state index contributed by atoms with van der Waals surface area (Å²) in [5.74, 6) is 1.65. The molecule has 0 aromatic rings. The van der Waals surface area contributed by atoms with Crippen molar-refractivity contribution in [3.63, 3.8) is 0 Å². The highest BCUT2D eigenvalue weighted by molar-refractivity contribution is 5.89. The molecule has 1 atom stereocenters. The van der Waals surface area contributed by atoms with Gasteiger partial charge in [0.15, 0.2) is 0 Å². The van der Waals surface area contributed by atoms with Crippen LogP contribution in [-0.2, 0) is 9.59 Å². The molecule has 1 heterocycles. The molecule has 0 spiro atoms. The fraction of sp³-hybridized carbons (Fsp3) is 0.895. The van der Waals surface area contributed by atoms with E-state index in [-0.39, 0.29) is 11.8 Å². The number of nitrogens with one attached hydrogen (secondary N) is 1. The number of amides is 2. The van der Waals surface area contributed by atoms with Crippen LogP contribution in [0.4, 0.5) is 0 Å². The zero-order valence-corrected chi connectivity index (χ0v) is 15.4. The lowest BCUT2D eigenvalue weighted by Crippen LogP contribution is -2.48. The third-order valence-electron chi connectivity index (χ3n) is 6.47. The first-order chi connectivity index (χ1) is 11.5. The van der Waals surface area contributed by atoms with E-state index in [9.17, 15) is 9.59 Å². The summed E-state index contributed by atoms with van der Waals surface area (Å²) >= 11 is 0. The number of carbonyl (C=O) groups is 2. The van der Waals surface area contributed by atoms with Crippen LogP contribution >= 0.6 is 0 Å². The Hall–Kier alpha value is -1.10. The van der Waals surface area contributed by atoms with Crippen LogP contribution in [0.5, 0.6) is 0 Å². The van der Waals surface area contributed by atoms with Crippen molar-refractivity contribution in [3.05, 3.63) is 0 Å². The molecule has 0 aromatic carbocycles. The molecule has 24 heavy (non-hydrogen) atoms. The van der Waals surface area contributed by atoms with Gasteiger partial charge in [0.25, 0.3) is 0 Å². The molecule has 2 saturated carbocycles. The largest absolute Gasteiger partial charge is 0.345 e. The van der Waals surface area contributed by atoms with Gasteiger partial charge in [-0.1, -0.05) is 12.8 Å². The fourth-order valence-corrected chi connectivity index (χ4v) is 4.29. The molecule has 3 fully saturated rings. The summed E-state index contributed by atoms with van der Waals surface area (Å²) in [7, 11) is 3.82. The van der Waals surface area contributed by atoms with Crippen LogP contribution in [0.3, 0.4) is 0 Å². The first kappa shape index (κ1) is 17.7. The summed E-state index contributed by atoms with van der Waals surface area (Å²) in [6, 6.07) is 0.